The third kappa shape index (κ3) is 3.14. The van der Waals surface area contributed by atoms with E-state index in [1.54, 1.807) is 6.07 Å². The Balaban J connectivity index is 2.13. The highest BCUT2D eigenvalue weighted by atomic mass is 16.6. The van der Waals surface area contributed by atoms with E-state index in [1.165, 1.54) is 37.7 Å². The number of methoxy groups -OCH3 is 1. The number of benzene rings is 1. The number of rotatable bonds is 5. The summed E-state index contributed by atoms with van der Waals surface area (Å²) in [5.41, 5.74) is 0.874. The first kappa shape index (κ1) is 13.6. The molecule has 1 aromatic carbocycles. The van der Waals surface area contributed by atoms with Gasteiger partial charge in [0.25, 0.3) is 5.69 Å². The van der Waals surface area contributed by atoms with Gasteiger partial charge in [0.15, 0.2) is 5.78 Å². The van der Waals surface area contributed by atoms with Gasteiger partial charge in [-0.25, -0.2) is 9.97 Å². The smallest absolute Gasteiger partial charge is 0.269 e. The third-order valence-corrected chi connectivity index (χ3v) is 2.65. The second-order valence-corrected chi connectivity index (χ2v) is 3.96. The van der Waals surface area contributed by atoms with Crippen LogP contribution in [0.15, 0.2) is 36.7 Å². The normalized spacial score (nSPS) is 10.1. The van der Waals surface area contributed by atoms with E-state index in [1.807, 2.05) is 0 Å². The topological polar surface area (TPSA) is 95.2 Å². The summed E-state index contributed by atoms with van der Waals surface area (Å²) in [6.45, 7) is 0. The largest absolute Gasteiger partial charge is 0.481 e. The lowest BCUT2D eigenvalue weighted by Gasteiger charge is -2.02. The maximum atomic E-state index is 12.0. The summed E-state index contributed by atoms with van der Waals surface area (Å²) in [5.74, 6) is 0.201. The summed E-state index contributed by atoms with van der Waals surface area (Å²) in [5, 5.41) is 10.5. The molecule has 0 radical (unpaired) electrons. The number of nitro benzene ring substituents is 1. The first-order valence-corrected chi connectivity index (χ1v) is 5.72. The molecule has 1 heterocycles. The predicted molar refractivity (Wildman–Crippen MR) is 69.7 cm³/mol. The number of nitrogens with zero attached hydrogens (tertiary/aromatic N) is 3. The van der Waals surface area contributed by atoms with Gasteiger partial charge in [0, 0.05) is 23.8 Å². The van der Waals surface area contributed by atoms with E-state index in [0.29, 0.717) is 17.1 Å². The van der Waals surface area contributed by atoms with Crippen molar-refractivity contribution < 1.29 is 14.5 Å². The molecule has 0 atom stereocenters. The Morgan fingerprint density at radius 1 is 1.30 bits per heavy atom. The van der Waals surface area contributed by atoms with Gasteiger partial charge in [-0.1, -0.05) is 0 Å². The van der Waals surface area contributed by atoms with Gasteiger partial charge in [0.2, 0.25) is 5.88 Å². The first-order valence-electron chi connectivity index (χ1n) is 5.72. The minimum absolute atomic E-state index is 0.0507. The number of carbonyl (C=O) groups excluding carboxylic acids is 1. The molecule has 2 aromatic rings. The summed E-state index contributed by atoms with van der Waals surface area (Å²) in [7, 11) is 1.48. The van der Waals surface area contributed by atoms with Gasteiger partial charge in [-0.3, -0.25) is 14.9 Å². The summed E-state index contributed by atoms with van der Waals surface area (Å²) >= 11 is 0. The molecule has 1 aromatic heterocycles. The SMILES string of the molecule is COc1cc(CC(=O)c2ccc([N+](=O)[O-])cc2)ncn1. The Kier molecular flexibility index (Phi) is 3.99. The van der Waals surface area contributed by atoms with Gasteiger partial charge in [-0.05, 0) is 12.1 Å². The van der Waals surface area contributed by atoms with Crippen molar-refractivity contribution in [3.8, 4) is 5.88 Å². The van der Waals surface area contributed by atoms with E-state index in [9.17, 15) is 14.9 Å². The van der Waals surface area contributed by atoms with Gasteiger partial charge in [0.05, 0.1) is 24.1 Å². The van der Waals surface area contributed by atoms with Crippen molar-refractivity contribution in [3.05, 3.63) is 58.0 Å². The molecule has 0 fully saturated rings. The van der Waals surface area contributed by atoms with Crippen LogP contribution in [0.1, 0.15) is 16.1 Å². The number of ether oxygens (including phenoxy) is 1. The van der Waals surface area contributed by atoms with Gasteiger partial charge in [-0.15, -0.1) is 0 Å². The van der Waals surface area contributed by atoms with Gasteiger partial charge < -0.3 is 4.74 Å². The van der Waals surface area contributed by atoms with Crippen molar-refractivity contribution in [1.29, 1.82) is 0 Å². The highest BCUT2D eigenvalue weighted by Crippen LogP contribution is 2.14. The first-order chi connectivity index (χ1) is 9.60. The summed E-state index contributed by atoms with van der Waals surface area (Å²) in [6, 6.07) is 7.03. The van der Waals surface area contributed by atoms with E-state index >= 15 is 0 Å². The van der Waals surface area contributed by atoms with Crippen molar-refractivity contribution in [2.75, 3.05) is 7.11 Å². The van der Waals surface area contributed by atoms with Crippen LogP contribution in [0.2, 0.25) is 0 Å². The molecule has 2 rings (SSSR count). The van der Waals surface area contributed by atoms with E-state index in [4.69, 9.17) is 4.74 Å². The van der Waals surface area contributed by atoms with Gasteiger partial charge in [0.1, 0.15) is 6.33 Å². The molecule has 0 bridgehead atoms. The minimum Gasteiger partial charge on any atom is -0.481 e. The van der Waals surface area contributed by atoms with E-state index in [0.717, 1.165) is 0 Å². The number of aromatic nitrogens is 2. The van der Waals surface area contributed by atoms with Crippen LogP contribution in [-0.2, 0) is 6.42 Å². The molecule has 20 heavy (non-hydrogen) atoms. The molecule has 0 saturated heterocycles. The molecule has 7 heteroatoms. The molecule has 0 aliphatic rings. The zero-order valence-corrected chi connectivity index (χ0v) is 10.6. The molecule has 0 saturated carbocycles. The highest BCUT2D eigenvalue weighted by molar-refractivity contribution is 5.97. The lowest BCUT2D eigenvalue weighted by Crippen LogP contribution is -2.06. The molecule has 102 valence electrons. The monoisotopic (exact) mass is 273 g/mol. The second kappa shape index (κ2) is 5.87. The lowest BCUT2D eigenvalue weighted by atomic mass is 10.1. The fourth-order valence-corrected chi connectivity index (χ4v) is 1.62. The molecule has 7 nitrogen and oxygen atoms in total. The quantitative estimate of drug-likeness (QED) is 0.468. The number of Topliss-reactive ketones (excluding diaryl/α,β-unsaturated/α-hetero) is 1. The van der Waals surface area contributed by atoms with Crippen LogP contribution in [0.3, 0.4) is 0 Å². The zero-order valence-electron chi connectivity index (χ0n) is 10.6. The van der Waals surface area contributed by atoms with E-state index in [-0.39, 0.29) is 17.9 Å². The molecule has 0 aliphatic carbocycles. The van der Waals surface area contributed by atoms with Crippen molar-refractivity contribution in [1.82, 2.24) is 9.97 Å². The van der Waals surface area contributed by atoms with Crippen molar-refractivity contribution in [2.45, 2.75) is 6.42 Å². The molecule has 0 amide bonds. The zero-order chi connectivity index (χ0) is 14.5. The van der Waals surface area contributed by atoms with Crippen LogP contribution in [0.4, 0.5) is 5.69 Å². The molecule has 0 N–H and O–H groups in total. The summed E-state index contributed by atoms with van der Waals surface area (Å²) < 4.78 is 4.95. The van der Waals surface area contributed by atoms with Crippen LogP contribution in [0, 0.1) is 10.1 Å². The maximum Gasteiger partial charge on any atom is 0.269 e. The number of ketones is 1. The standard InChI is InChI=1S/C13H11N3O4/c1-20-13-7-10(14-8-15-13)6-12(17)9-2-4-11(5-3-9)16(18)19/h2-5,7-8H,6H2,1H3. The fourth-order valence-electron chi connectivity index (χ4n) is 1.62. The third-order valence-electron chi connectivity index (χ3n) is 2.65. The Morgan fingerprint density at radius 2 is 2.00 bits per heavy atom. The van der Waals surface area contributed by atoms with Crippen molar-refractivity contribution in [3.63, 3.8) is 0 Å². The highest BCUT2D eigenvalue weighted by Gasteiger charge is 2.11. The van der Waals surface area contributed by atoms with Gasteiger partial charge in [-0.2, -0.15) is 0 Å². The molecular formula is C13H11N3O4. The molecule has 0 unspecified atom stereocenters. The molecule has 0 spiro atoms. The molecule has 0 aliphatic heterocycles. The molecular weight excluding hydrogens is 262 g/mol. The van der Waals surface area contributed by atoms with Crippen LogP contribution in [0.25, 0.3) is 0 Å². The average Bonchev–Trinajstić information content (AvgIpc) is 2.47. The van der Waals surface area contributed by atoms with Crippen molar-refractivity contribution >= 4 is 11.5 Å². The van der Waals surface area contributed by atoms with Gasteiger partial charge >= 0.3 is 0 Å². The lowest BCUT2D eigenvalue weighted by molar-refractivity contribution is -0.384. The second-order valence-electron chi connectivity index (χ2n) is 3.96. The minimum atomic E-state index is -0.510. The average molecular weight is 273 g/mol. The number of hydrogen-bond acceptors (Lipinski definition) is 6. The number of non-ortho nitro benzene ring substituents is 1. The Morgan fingerprint density at radius 3 is 2.60 bits per heavy atom. The summed E-state index contributed by atoms with van der Waals surface area (Å²) in [6.07, 6.45) is 1.40. The van der Waals surface area contributed by atoms with Crippen molar-refractivity contribution in [2.24, 2.45) is 0 Å². The fraction of sp³-hybridized carbons (Fsp3) is 0.154. The van der Waals surface area contributed by atoms with Crippen LogP contribution >= 0.6 is 0 Å². The number of nitro groups is 1. The number of carbonyl (C=O) groups is 1. The Hall–Kier alpha value is -2.83. The van der Waals surface area contributed by atoms with Crippen LogP contribution in [-0.4, -0.2) is 27.8 Å². The van der Waals surface area contributed by atoms with Crippen LogP contribution in [0.5, 0.6) is 5.88 Å². The Labute approximate surface area is 114 Å². The van der Waals surface area contributed by atoms with E-state index in [2.05, 4.69) is 9.97 Å². The van der Waals surface area contributed by atoms with E-state index < -0.39 is 4.92 Å². The predicted octanol–water partition coefficient (Wildman–Crippen LogP) is 1.82. The summed E-state index contributed by atoms with van der Waals surface area (Å²) in [4.78, 5) is 29.9. The Bertz CT molecular complexity index is 640. The number of hydrogen-bond donors (Lipinski definition) is 0. The van der Waals surface area contributed by atoms with Crippen LogP contribution < -0.4 is 4.74 Å². The maximum absolute atomic E-state index is 12.0.